The van der Waals surface area contributed by atoms with Crippen molar-refractivity contribution in [3.05, 3.63) is 50.9 Å². The largest absolute Gasteiger partial charge is 0.306 e. The molecule has 84 valence electrons. The molecule has 16 heavy (non-hydrogen) atoms. The molecule has 1 aromatic heterocycles. The Kier molecular flexibility index (Phi) is 3.93. The molecule has 0 amide bonds. The fraction of sp³-hybridized carbons (Fsp3) is 0.250. The van der Waals surface area contributed by atoms with Gasteiger partial charge in [0, 0.05) is 13.1 Å². The zero-order chi connectivity index (χ0) is 11.4. The van der Waals surface area contributed by atoms with Crippen molar-refractivity contribution in [1.29, 1.82) is 0 Å². The molecule has 0 aliphatic heterocycles. The molecule has 4 heteroatoms. The number of rotatable bonds is 4. The number of hydrogen-bond acceptors (Lipinski definition) is 3. The predicted octanol–water partition coefficient (Wildman–Crippen LogP) is 3.39. The predicted molar refractivity (Wildman–Crippen MR) is 68.8 cm³/mol. The average Bonchev–Trinajstić information content (AvgIpc) is 2.64. The molecule has 0 unspecified atom stereocenters. The van der Waals surface area contributed by atoms with E-state index in [1.807, 2.05) is 0 Å². The van der Waals surface area contributed by atoms with Crippen molar-refractivity contribution >= 4 is 22.9 Å². The Labute approximate surface area is 104 Å². The zero-order valence-electron chi connectivity index (χ0n) is 9.03. The normalized spacial score (nSPS) is 10.6. The first kappa shape index (κ1) is 11.6. The number of nitrogens with one attached hydrogen (secondary N) is 1. The molecule has 1 aromatic carbocycles. The van der Waals surface area contributed by atoms with Gasteiger partial charge >= 0.3 is 0 Å². The number of aryl methyl sites for hydroxylation is 1. The molecular formula is C12H13ClN2S. The van der Waals surface area contributed by atoms with E-state index in [1.165, 1.54) is 22.5 Å². The highest BCUT2D eigenvalue weighted by atomic mass is 35.5. The Bertz CT molecular complexity index is 468. The molecule has 0 saturated heterocycles. The first-order valence-electron chi connectivity index (χ1n) is 5.10. The highest BCUT2D eigenvalue weighted by Crippen LogP contribution is 2.17. The van der Waals surface area contributed by atoms with Gasteiger partial charge in [-0.3, -0.25) is 0 Å². The summed E-state index contributed by atoms with van der Waals surface area (Å²) in [6.07, 6.45) is 1.69. The monoisotopic (exact) mass is 252 g/mol. The highest BCUT2D eigenvalue weighted by molar-refractivity contribution is 7.15. The first-order chi connectivity index (χ1) is 7.74. The molecule has 0 fully saturated rings. The summed E-state index contributed by atoms with van der Waals surface area (Å²) in [7, 11) is 0. The van der Waals surface area contributed by atoms with Gasteiger partial charge in [0.05, 0.1) is 6.20 Å². The fourth-order valence-electron chi connectivity index (χ4n) is 1.51. The summed E-state index contributed by atoms with van der Waals surface area (Å²) in [4.78, 5) is 4.19. The molecule has 1 heterocycles. The second kappa shape index (κ2) is 5.43. The zero-order valence-corrected chi connectivity index (χ0v) is 10.6. The number of thiazole rings is 1. The smallest absolute Gasteiger partial charge is 0.113 e. The molecule has 0 radical (unpaired) electrons. The van der Waals surface area contributed by atoms with E-state index in [4.69, 9.17) is 11.6 Å². The SMILES string of the molecule is Cc1cccc(CNCc2ncc(Cl)s2)c1. The molecule has 2 aromatic rings. The number of hydrogen-bond donors (Lipinski definition) is 1. The lowest BCUT2D eigenvalue weighted by Gasteiger charge is -2.03. The summed E-state index contributed by atoms with van der Waals surface area (Å²) in [5, 5.41) is 4.37. The minimum Gasteiger partial charge on any atom is -0.306 e. The third kappa shape index (κ3) is 3.30. The summed E-state index contributed by atoms with van der Waals surface area (Å²) in [5.74, 6) is 0. The van der Waals surface area contributed by atoms with Crippen molar-refractivity contribution in [2.45, 2.75) is 20.0 Å². The van der Waals surface area contributed by atoms with Crippen LogP contribution in [0.2, 0.25) is 4.34 Å². The van der Waals surface area contributed by atoms with Crippen LogP contribution in [0.1, 0.15) is 16.1 Å². The molecule has 0 aliphatic rings. The molecule has 2 nitrogen and oxygen atoms in total. The van der Waals surface area contributed by atoms with Crippen LogP contribution in [0.5, 0.6) is 0 Å². The van der Waals surface area contributed by atoms with E-state index in [2.05, 4.69) is 41.5 Å². The van der Waals surface area contributed by atoms with E-state index < -0.39 is 0 Å². The van der Waals surface area contributed by atoms with Crippen molar-refractivity contribution in [2.24, 2.45) is 0 Å². The topological polar surface area (TPSA) is 24.9 Å². The molecule has 0 atom stereocenters. The van der Waals surface area contributed by atoms with Gasteiger partial charge in [-0.05, 0) is 12.5 Å². The standard InChI is InChI=1S/C12H13ClN2S/c1-9-3-2-4-10(5-9)6-14-8-12-15-7-11(13)16-12/h2-5,7,14H,6,8H2,1H3. The third-order valence-electron chi connectivity index (χ3n) is 2.21. The van der Waals surface area contributed by atoms with Crippen LogP contribution in [0.3, 0.4) is 0 Å². The Morgan fingerprint density at radius 3 is 2.94 bits per heavy atom. The first-order valence-corrected chi connectivity index (χ1v) is 6.30. The lowest BCUT2D eigenvalue weighted by molar-refractivity contribution is 0.689. The van der Waals surface area contributed by atoms with Crippen LogP contribution in [-0.2, 0) is 13.1 Å². The summed E-state index contributed by atoms with van der Waals surface area (Å²) in [5.41, 5.74) is 2.58. The van der Waals surface area contributed by atoms with Crippen molar-refractivity contribution in [2.75, 3.05) is 0 Å². The van der Waals surface area contributed by atoms with Crippen LogP contribution in [0, 0.1) is 6.92 Å². The molecule has 0 spiro atoms. The second-order valence-electron chi connectivity index (χ2n) is 3.65. The Hall–Kier alpha value is -0.900. The van der Waals surface area contributed by atoms with Crippen molar-refractivity contribution in [1.82, 2.24) is 10.3 Å². The maximum Gasteiger partial charge on any atom is 0.113 e. The number of halogens is 1. The number of nitrogens with zero attached hydrogens (tertiary/aromatic N) is 1. The summed E-state index contributed by atoms with van der Waals surface area (Å²) in [6.45, 7) is 3.73. The van der Waals surface area contributed by atoms with E-state index in [-0.39, 0.29) is 0 Å². The lowest BCUT2D eigenvalue weighted by Crippen LogP contribution is -2.12. The van der Waals surface area contributed by atoms with Crippen molar-refractivity contribution < 1.29 is 0 Å². The fourth-order valence-corrected chi connectivity index (χ4v) is 2.43. The summed E-state index contributed by atoms with van der Waals surface area (Å²) >= 11 is 7.32. The van der Waals surface area contributed by atoms with Crippen molar-refractivity contribution in [3.63, 3.8) is 0 Å². The van der Waals surface area contributed by atoms with E-state index in [0.29, 0.717) is 0 Å². The van der Waals surface area contributed by atoms with Crippen LogP contribution < -0.4 is 5.32 Å². The molecule has 1 N–H and O–H groups in total. The van der Waals surface area contributed by atoms with Gasteiger partial charge in [0.1, 0.15) is 9.34 Å². The van der Waals surface area contributed by atoms with Gasteiger partial charge in [-0.15, -0.1) is 11.3 Å². The number of aromatic nitrogens is 1. The lowest BCUT2D eigenvalue weighted by atomic mass is 10.1. The van der Waals surface area contributed by atoms with Crippen LogP contribution in [0.25, 0.3) is 0 Å². The van der Waals surface area contributed by atoms with Crippen molar-refractivity contribution in [3.8, 4) is 0 Å². The van der Waals surface area contributed by atoms with E-state index in [9.17, 15) is 0 Å². The quantitative estimate of drug-likeness (QED) is 0.902. The summed E-state index contributed by atoms with van der Waals surface area (Å²) in [6, 6.07) is 8.48. The van der Waals surface area contributed by atoms with Gasteiger partial charge in [-0.1, -0.05) is 41.4 Å². The number of benzene rings is 1. The van der Waals surface area contributed by atoms with Gasteiger partial charge in [0.2, 0.25) is 0 Å². The van der Waals surface area contributed by atoms with Crippen LogP contribution in [0.4, 0.5) is 0 Å². The second-order valence-corrected chi connectivity index (χ2v) is 5.40. The maximum absolute atomic E-state index is 5.81. The minimum atomic E-state index is 0.743. The van der Waals surface area contributed by atoms with E-state index >= 15 is 0 Å². The Balaban J connectivity index is 1.84. The molecule has 0 aliphatic carbocycles. The molecular weight excluding hydrogens is 240 g/mol. The minimum absolute atomic E-state index is 0.743. The van der Waals surface area contributed by atoms with Gasteiger partial charge in [-0.2, -0.15) is 0 Å². The third-order valence-corrected chi connectivity index (χ3v) is 3.33. The highest BCUT2D eigenvalue weighted by Gasteiger charge is 1.99. The van der Waals surface area contributed by atoms with Gasteiger partial charge < -0.3 is 5.32 Å². The maximum atomic E-state index is 5.81. The van der Waals surface area contributed by atoms with E-state index in [1.54, 1.807) is 6.20 Å². The van der Waals surface area contributed by atoms with E-state index in [0.717, 1.165) is 22.4 Å². The van der Waals surface area contributed by atoms with Gasteiger partial charge in [0.25, 0.3) is 0 Å². The molecule has 0 saturated carbocycles. The van der Waals surface area contributed by atoms with Gasteiger partial charge in [0.15, 0.2) is 0 Å². The average molecular weight is 253 g/mol. The van der Waals surface area contributed by atoms with Gasteiger partial charge in [-0.25, -0.2) is 4.98 Å². The van der Waals surface area contributed by atoms with Crippen LogP contribution in [-0.4, -0.2) is 4.98 Å². The Morgan fingerprint density at radius 2 is 2.25 bits per heavy atom. The molecule has 2 rings (SSSR count). The van der Waals surface area contributed by atoms with Crippen LogP contribution >= 0.6 is 22.9 Å². The van der Waals surface area contributed by atoms with Crippen LogP contribution in [0.15, 0.2) is 30.5 Å². The Morgan fingerprint density at radius 1 is 1.38 bits per heavy atom. The summed E-state index contributed by atoms with van der Waals surface area (Å²) < 4.78 is 0.743. The molecule has 0 bridgehead atoms.